The molecule has 1 fully saturated rings. The van der Waals surface area contributed by atoms with E-state index in [9.17, 15) is 37.8 Å². The Hall–Kier alpha value is -0.770. The van der Waals surface area contributed by atoms with Gasteiger partial charge in [-0.2, -0.15) is 13.6 Å². The van der Waals surface area contributed by atoms with Crippen molar-refractivity contribution >= 4 is 40.9 Å². The van der Waals surface area contributed by atoms with Crippen LogP contribution in [0.1, 0.15) is 13.2 Å². The number of alkyl halides is 2. The van der Waals surface area contributed by atoms with Crippen molar-refractivity contribution in [2.75, 3.05) is 12.4 Å². The molecule has 3 unspecified atom stereocenters. The topological polar surface area (TPSA) is 250 Å². The van der Waals surface area contributed by atoms with E-state index in [-0.39, 0.29) is 5.82 Å². The number of nitrogens with zero attached hydrogens (tertiary/aromatic N) is 2. The van der Waals surface area contributed by atoms with Crippen molar-refractivity contribution in [1.82, 2.24) is 9.55 Å². The van der Waals surface area contributed by atoms with Gasteiger partial charge in [0.25, 0.3) is 0 Å². The van der Waals surface area contributed by atoms with E-state index in [0.717, 1.165) is 19.2 Å². The summed E-state index contributed by atoms with van der Waals surface area (Å²) in [6.45, 7) is -0.482. The molecule has 1 aliphatic rings. The van der Waals surface area contributed by atoms with Crippen molar-refractivity contribution in [1.29, 1.82) is 0 Å². The molecule has 32 heavy (non-hydrogen) atoms. The molecule has 1 saturated heterocycles. The van der Waals surface area contributed by atoms with Crippen LogP contribution in [0.5, 0.6) is 0 Å². The maximum absolute atomic E-state index is 13.8. The maximum Gasteiger partial charge on any atom is 0.490 e. The summed E-state index contributed by atoms with van der Waals surface area (Å²) in [6, 6.07) is 1.15. The number of aromatic nitrogens is 2. The number of ether oxygens (including phenoxy) is 1. The Bertz CT molecular complexity index is 1050. The molecule has 1 aromatic heterocycles. The van der Waals surface area contributed by atoms with Gasteiger partial charge in [-0.1, -0.05) is 0 Å². The van der Waals surface area contributed by atoms with Crippen LogP contribution in [-0.4, -0.2) is 64.1 Å². The largest absolute Gasteiger partial charge is 0.490 e. The van der Waals surface area contributed by atoms with Crippen molar-refractivity contribution in [2.24, 2.45) is 0 Å². The van der Waals surface area contributed by atoms with E-state index in [1.807, 2.05) is 0 Å². The number of nitrogens with two attached hydrogens (primary N) is 1. The van der Waals surface area contributed by atoms with E-state index in [1.165, 1.54) is 0 Å². The number of phosphoric ester groups is 1. The first-order valence-corrected chi connectivity index (χ1v) is 13.1. The zero-order chi connectivity index (χ0) is 24.7. The summed E-state index contributed by atoms with van der Waals surface area (Å²) in [5, 5.41) is 10.5. The molecule has 1 aliphatic heterocycles. The fourth-order valence-corrected chi connectivity index (χ4v) is 6.22. The lowest BCUT2D eigenvalue weighted by molar-refractivity contribution is -0.0754. The molecule has 1 aromatic rings. The summed E-state index contributed by atoms with van der Waals surface area (Å²) >= 11 is 6.13. The molecule has 16 nitrogen and oxygen atoms in total. The van der Waals surface area contributed by atoms with E-state index < -0.39 is 65.2 Å². The molecule has 0 amide bonds. The van der Waals surface area contributed by atoms with Crippen molar-refractivity contribution in [3.8, 4) is 0 Å². The molecule has 21 heteroatoms. The van der Waals surface area contributed by atoms with Crippen molar-refractivity contribution < 1.29 is 60.6 Å². The number of phosphoric acid groups is 3. The van der Waals surface area contributed by atoms with E-state index in [1.54, 1.807) is 0 Å². The third-order valence-corrected chi connectivity index (χ3v) is 8.42. The van der Waals surface area contributed by atoms with Gasteiger partial charge in [0.2, 0.25) is 0 Å². The number of aliphatic hydroxyl groups is 1. The minimum Gasteiger partial charge on any atom is -0.388 e. The second kappa shape index (κ2) is 9.47. The first-order chi connectivity index (χ1) is 14.4. The number of nitrogen functional groups attached to an aromatic ring is 1. The third-order valence-electron chi connectivity index (χ3n) is 3.99. The minimum atomic E-state index is -5.80. The summed E-state index contributed by atoms with van der Waals surface area (Å²) in [7, 11) is -17.0. The molecule has 0 aliphatic carbocycles. The predicted molar refractivity (Wildman–Crippen MR) is 102 cm³/mol. The van der Waals surface area contributed by atoms with Crippen LogP contribution in [-0.2, 0) is 31.6 Å². The number of rotatable bonds is 9. The zero-order valence-corrected chi connectivity index (χ0v) is 19.2. The summed E-state index contributed by atoms with van der Waals surface area (Å²) in [5.74, 6) is -0.178. The Morgan fingerprint density at radius 2 is 1.91 bits per heavy atom. The molecular formula is C11H18ClFN3O13P3. The lowest BCUT2D eigenvalue weighted by atomic mass is 9.97. The quantitative estimate of drug-likeness (QED) is 0.172. The van der Waals surface area contributed by atoms with Gasteiger partial charge in [0, 0.05) is 6.20 Å². The van der Waals surface area contributed by atoms with Crippen LogP contribution in [0.3, 0.4) is 0 Å². The van der Waals surface area contributed by atoms with Crippen LogP contribution in [0.4, 0.5) is 10.2 Å². The van der Waals surface area contributed by atoms with Gasteiger partial charge in [-0.15, -0.1) is 11.6 Å². The molecule has 7 atom stereocenters. The maximum atomic E-state index is 13.8. The Kier molecular flexibility index (Phi) is 8.13. The highest BCUT2D eigenvalue weighted by Crippen LogP contribution is 2.66. The molecule has 0 aromatic carbocycles. The summed E-state index contributed by atoms with van der Waals surface area (Å²) < 4.78 is 65.6. The van der Waals surface area contributed by atoms with Crippen LogP contribution in [0, 0.1) is 0 Å². The SMILES string of the molecule is C[C@H](OP(=O)(O)OP(=O)(O)OP(=O)(O)O)[C@H]1O[C@@H](n2ccc(N)nc2=O)C(Cl)(CF)[C@H]1O. The van der Waals surface area contributed by atoms with Gasteiger partial charge in [0.05, 0.1) is 6.10 Å². The second-order valence-corrected chi connectivity index (χ2v) is 11.5. The van der Waals surface area contributed by atoms with Crippen molar-refractivity contribution in [2.45, 2.75) is 36.3 Å². The highest BCUT2D eigenvalue weighted by molar-refractivity contribution is 7.66. The second-order valence-electron chi connectivity index (χ2n) is 6.40. The molecule has 2 heterocycles. The van der Waals surface area contributed by atoms with Crippen LogP contribution in [0.15, 0.2) is 17.1 Å². The van der Waals surface area contributed by atoms with E-state index in [4.69, 9.17) is 31.9 Å². The van der Waals surface area contributed by atoms with Gasteiger partial charge in [0.1, 0.15) is 29.6 Å². The molecule has 0 bridgehead atoms. The van der Waals surface area contributed by atoms with Crippen LogP contribution >= 0.6 is 35.1 Å². The van der Waals surface area contributed by atoms with E-state index in [2.05, 4.69) is 18.1 Å². The van der Waals surface area contributed by atoms with E-state index in [0.29, 0.717) is 4.57 Å². The number of aliphatic hydroxyl groups excluding tert-OH is 1. The molecule has 0 spiro atoms. The van der Waals surface area contributed by atoms with E-state index >= 15 is 0 Å². The first-order valence-electron chi connectivity index (χ1n) is 8.16. The predicted octanol–water partition coefficient (Wildman–Crippen LogP) is -0.237. The molecule has 2 rings (SSSR count). The molecular weight excluding hydrogens is 530 g/mol. The lowest BCUT2D eigenvalue weighted by Gasteiger charge is -2.28. The fraction of sp³-hybridized carbons (Fsp3) is 0.636. The zero-order valence-electron chi connectivity index (χ0n) is 15.7. The highest BCUT2D eigenvalue weighted by atomic mass is 35.5. The van der Waals surface area contributed by atoms with Gasteiger partial charge in [-0.05, 0) is 13.0 Å². The van der Waals surface area contributed by atoms with Gasteiger partial charge in [0.15, 0.2) is 6.23 Å². The van der Waals surface area contributed by atoms with Crippen molar-refractivity contribution in [3.05, 3.63) is 22.7 Å². The van der Waals surface area contributed by atoms with Gasteiger partial charge in [-0.3, -0.25) is 9.09 Å². The Labute approximate surface area is 183 Å². The fourth-order valence-electron chi connectivity index (χ4n) is 2.74. The van der Waals surface area contributed by atoms with Gasteiger partial charge >= 0.3 is 29.2 Å². The van der Waals surface area contributed by atoms with Gasteiger partial charge in [-0.25, -0.2) is 22.9 Å². The van der Waals surface area contributed by atoms with Crippen LogP contribution in [0.25, 0.3) is 0 Å². The van der Waals surface area contributed by atoms with Crippen molar-refractivity contribution in [3.63, 3.8) is 0 Å². The summed E-state index contributed by atoms with van der Waals surface area (Å²) in [5.41, 5.74) is 4.34. The normalized spacial score (nSPS) is 31.1. The Morgan fingerprint density at radius 3 is 2.41 bits per heavy atom. The molecule has 0 radical (unpaired) electrons. The van der Waals surface area contributed by atoms with Crippen LogP contribution in [0.2, 0.25) is 0 Å². The smallest absolute Gasteiger partial charge is 0.388 e. The number of hydrogen-bond acceptors (Lipinski definition) is 11. The lowest BCUT2D eigenvalue weighted by Crippen LogP contribution is -2.47. The Balaban J connectivity index is 2.25. The molecule has 184 valence electrons. The summed E-state index contributed by atoms with van der Waals surface area (Å²) in [4.78, 5) is 49.0. The Morgan fingerprint density at radius 1 is 1.31 bits per heavy atom. The first kappa shape index (κ1) is 27.5. The average molecular weight is 548 g/mol. The number of hydrogen-bond donors (Lipinski definition) is 6. The molecule has 7 N–H and O–H groups in total. The average Bonchev–Trinajstić information content (AvgIpc) is 2.84. The highest BCUT2D eigenvalue weighted by Gasteiger charge is 2.59. The summed E-state index contributed by atoms with van der Waals surface area (Å²) in [6.07, 6.45) is -6.09. The van der Waals surface area contributed by atoms with Gasteiger partial charge < -0.3 is 35.2 Å². The minimum absolute atomic E-state index is 0.178. The molecule has 0 saturated carbocycles. The third kappa shape index (κ3) is 6.42. The number of halogens is 2. The standard InChI is InChI=1S/C11H18ClFN3O13P3/c1-5(27-31(22,23)29-32(24,25)28-30(19,20)21)7-8(17)11(12,4-13)9(26-7)16-3-2-6(14)15-10(16)18/h2-3,5,7-9,17H,4H2,1H3,(H,22,23)(H,24,25)(H2,14,15,18)(H2,19,20,21)/t5-,7+,8-,9+,11?/m0/s1. The monoisotopic (exact) mass is 547 g/mol. The number of anilines is 1. The van der Waals surface area contributed by atoms with Crippen LogP contribution < -0.4 is 11.4 Å².